The first-order valence-electron chi connectivity index (χ1n) is 22.4. The van der Waals surface area contributed by atoms with Crippen LogP contribution in [0.3, 0.4) is 0 Å². The quantitative estimate of drug-likeness (QED) is 0.0618. The van der Waals surface area contributed by atoms with Crippen molar-refractivity contribution in [2.45, 2.75) is 53.2 Å². The van der Waals surface area contributed by atoms with Gasteiger partial charge < -0.3 is 25.1 Å². The zero-order chi connectivity index (χ0) is 47.0. The van der Waals surface area contributed by atoms with Crippen molar-refractivity contribution in [3.8, 4) is 5.75 Å². The molecule has 1 atom stereocenters. The van der Waals surface area contributed by atoms with Crippen LogP contribution in [-0.2, 0) is 9.59 Å². The number of hydrazone groups is 1. The standard InChI is InChI=1S/C54H47N5O8/c1-29-26-30(2)47(31(3)27-29)59-54(67)42(32(4)55-59)46-48(61)45(49(46)62)36-21-20-35(28-41(36)60)56(23-11-25-58-52(65)39-18-9-14-34-15-10-19-40(44(34)39)53(58)66)22-5-6-24-57-50(63)37-16-7-12-33-13-8-17-38(43(33)37)51(57)64/h7-10,12-21,26-28,50,60-61,63H,5-6,11,22-25H2,1-4H3. The van der Waals surface area contributed by atoms with E-state index in [9.17, 15) is 39.3 Å². The number of ketones is 1. The van der Waals surface area contributed by atoms with Crippen LogP contribution in [0.2, 0.25) is 0 Å². The molecule has 0 saturated carbocycles. The highest BCUT2D eigenvalue weighted by Crippen LogP contribution is 2.44. The smallest absolute Gasteiger partial charge is 0.281 e. The van der Waals surface area contributed by atoms with E-state index < -0.39 is 23.7 Å². The molecule has 3 aliphatic heterocycles. The number of amides is 4. The monoisotopic (exact) mass is 893 g/mol. The summed E-state index contributed by atoms with van der Waals surface area (Å²) in [5.41, 5.74) is 6.12. The number of rotatable bonds is 12. The summed E-state index contributed by atoms with van der Waals surface area (Å²) in [5, 5.41) is 43.2. The average molecular weight is 894 g/mol. The van der Waals surface area contributed by atoms with Crippen LogP contribution in [0.1, 0.15) is 91.3 Å². The lowest BCUT2D eigenvalue weighted by Crippen LogP contribution is -2.42. The number of aromatic hydroxyl groups is 1. The number of carbonyl (C=O) groups excluding carboxylic acids is 5. The fourth-order valence-electron chi connectivity index (χ4n) is 10.3. The number of aliphatic hydroxyl groups is 2. The van der Waals surface area contributed by atoms with Crippen molar-refractivity contribution in [2.75, 3.05) is 36.1 Å². The number of allylic oxidation sites excluding steroid dienone is 2. The zero-order valence-electron chi connectivity index (χ0n) is 37.5. The maximum Gasteiger partial charge on any atom is 0.281 e. The van der Waals surface area contributed by atoms with Gasteiger partial charge in [-0.25, -0.2) is 0 Å². The number of imide groups is 1. The third-order valence-electron chi connectivity index (χ3n) is 13.4. The number of unbranched alkanes of at least 4 members (excludes halogenated alkanes) is 1. The number of hydrogen-bond acceptors (Lipinski definition) is 10. The average Bonchev–Trinajstić information content (AvgIpc) is 3.58. The lowest BCUT2D eigenvalue weighted by Gasteiger charge is -2.34. The number of aliphatic hydroxyl groups excluding tert-OH is 2. The molecule has 3 heterocycles. The molecular weight excluding hydrogens is 847 g/mol. The summed E-state index contributed by atoms with van der Waals surface area (Å²) < 4.78 is 0. The molecule has 6 aromatic rings. The number of benzene rings is 6. The normalized spacial score (nSPS) is 17.9. The molecule has 4 aliphatic rings. The minimum absolute atomic E-state index is 0.00113. The molecule has 336 valence electrons. The van der Waals surface area contributed by atoms with E-state index in [1.165, 1.54) is 20.9 Å². The van der Waals surface area contributed by atoms with Crippen molar-refractivity contribution in [3.63, 3.8) is 0 Å². The first-order chi connectivity index (χ1) is 32.2. The van der Waals surface area contributed by atoms with Gasteiger partial charge >= 0.3 is 0 Å². The van der Waals surface area contributed by atoms with Gasteiger partial charge in [-0.15, -0.1) is 0 Å². The Kier molecular flexibility index (Phi) is 10.6. The number of phenolic OH excluding ortho intramolecular Hbond substituents is 1. The first kappa shape index (κ1) is 43.0. The highest BCUT2D eigenvalue weighted by molar-refractivity contribution is 6.45. The highest BCUT2D eigenvalue weighted by atomic mass is 16.3. The number of anilines is 2. The summed E-state index contributed by atoms with van der Waals surface area (Å²) in [7, 11) is 0. The van der Waals surface area contributed by atoms with Gasteiger partial charge in [-0.1, -0.05) is 72.3 Å². The summed E-state index contributed by atoms with van der Waals surface area (Å²) in [4.78, 5) is 73.6. The predicted molar refractivity (Wildman–Crippen MR) is 256 cm³/mol. The molecule has 67 heavy (non-hydrogen) atoms. The first-order valence-corrected chi connectivity index (χ1v) is 22.4. The van der Waals surface area contributed by atoms with E-state index >= 15 is 0 Å². The maximum absolute atomic E-state index is 13.9. The molecule has 0 saturated heterocycles. The van der Waals surface area contributed by atoms with Crippen molar-refractivity contribution in [1.82, 2.24) is 9.80 Å². The number of phenols is 1. The van der Waals surface area contributed by atoms with Crippen molar-refractivity contribution < 1.29 is 39.3 Å². The number of nitrogens with zero attached hydrogens (tertiary/aromatic N) is 5. The number of carbonyl (C=O) groups is 5. The molecule has 4 amide bonds. The molecule has 0 radical (unpaired) electrons. The molecule has 0 fully saturated rings. The van der Waals surface area contributed by atoms with E-state index in [-0.39, 0.29) is 64.6 Å². The highest BCUT2D eigenvalue weighted by Gasteiger charge is 2.44. The van der Waals surface area contributed by atoms with Gasteiger partial charge in [-0.05, 0) is 99.2 Å². The number of aryl methyl sites for hydroxylation is 3. The Morgan fingerprint density at radius 3 is 1.82 bits per heavy atom. The molecule has 3 N–H and O–H groups in total. The van der Waals surface area contributed by atoms with Crippen LogP contribution in [0, 0.1) is 20.8 Å². The predicted octanol–water partition coefficient (Wildman–Crippen LogP) is 8.61. The summed E-state index contributed by atoms with van der Waals surface area (Å²) in [5.74, 6) is -2.82. The molecule has 10 rings (SSSR count). The van der Waals surface area contributed by atoms with Gasteiger partial charge in [-0.2, -0.15) is 10.1 Å². The van der Waals surface area contributed by atoms with Gasteiger partial charge in [0.15, 0.2) is 6.23 Å². The Morgan fingerprint density at radius 1 is 0.597 bits per heavy atom. The molecule has 1 unspecified atom stereocenters. The van der Waals surface area contributed by atoms with Crippen molar-refractivity contribution in [2.24, 2.45) is 5.10 Å². The molecule has 13 heteroatoms. The maximum atomic E-state index is 13.9. The molecule has 0 aromatic heterocycles. The largest absolute Gasteiger partial charge is 0.507 e. The fourth-order valence-corrected chi connectivity index (χ4v) is 10.3. The minimum Gasteiger partial charge on any atom is -0.507 e. The van der Waals surface area contributed by atoms with Crippen LogP contribution in [0.15, 0.2) is 125 Å². The lowest BCUT2D eigenvalue weighted by molar-refractivity contribution is -0.115. The van der Waals surface area contributed by atoms with E-state index in [2.05, 4.69) is 5.10 Å². The molecule has 0 spiro atoms. The van der Waals surface area contributed by atoms with Gasteiger partial charge in [0.25, 0.3) is 23.6 Å². The second-order valence-corrected chi connectivity index (χ2v) is 17.7. The van der Waals surface area contributed by atoms with Crippen LogP contribution < -0.4 is 9.91 Å². The van der Waals surface area contributed by atoms with Gasteiger partial charge in [0.1, 0.15) is 11.5 Å². The van der Waals surface area contributed by atoms with Gasteiger partial charge in [0, 0.05) is 76.5 Å². The molecule has 0 bridgehead atoms. The van der Waals surface area contributed by atoms with E-state index in [4.69, 9.17) is 0 Å². The van der Waals surface area contributed by atoms with Crippen molar-refractivity contribution in [3.05, 3.63) is 165 Å². The minimum atomic E-state index is -1.11. The van der Waals surface area contributed by atoms with Crippen LogP contribution in [0.4, 0.5) is 11.4 Å². The third-order valence-corrected chi connectivity index (χ3v) is 13.4. The molecule has 6 aromatic carbocycles. The topological polar surface area (TPSA) is 171 Å². The van der Waals surface area contributed by atoms with Gasteiger partial charge in [0.05, 0.1) is 28.1 Å². The second-order valence-electron chi connectivity index (χ2n) is 17.7. The third kappa shape index (κ3) is 6.96. The van der Waals surface area contributed by atoms with E-state index in [1.54, 1.807) is 49.4 Å². The Balaban J connectivity index is 0.893. The van der Waals surface area contributed by atoms with Gasteiger partial charge in [-0.3, -0.25) is 28.9 Å². The summed E-state index contributed by atoms with van der Waals surface area (Å²) >= 11 is 0. The van der Waals surface area contributed by atoms with E-state index in [1.807, 2.05) is 80.3 Å². The Bertz CT molecular complexity index is 3210. The van der Waals surface area contributed by atoms with Crippen LogP contribution in [0.5, 0.6) is 5.75 Å². The summed E-state index contributed by atoms with van der Waals surface area (Å²) in [6.45, 7) is 8.51. The molecular formula is C54H47N5O8. The second kappa shape index (κ2) is 16.5. The molecule has 13 nitrogen and oxygen atoms in total. The Labute approximate surface area is 386 Å². The van der Waals surface area contributed by atoms with E-state index in [0.717, 1.165) is 32.8 Å². The SMILES string of the molecule is CC1=NN(c2c(C)cc(C)cc2C)C(=O)C1=C1C(=O)C(c2ccc(N(CCCCN3C(=O)c4cccc5cccc(c45)C3O)CCCN3C(=O)c4cccc5cccc(c45)C3=O)cc2O)=C1O. The van der Waals surface area contributed by atoms with Crippen LogP contribution >= 0.6 is 0 Å². The zero-order valence-corrected chi connectivity index (χ0v) is 37.5. The summed E-state index contributed by atoms with van der Waals surface area (Å²) in [6.07, 6.45) is 0.329. The van der Waals surface area contributed by atoms with E-state index in [0.29, 0.717) is 71.4 Å². The van der Waals surface area contributed by atoms with Crippen LogP contribution in [0.25, 0.3) is 27.1 Å². The van der Waals surface area contributed by atoms with Crippen molar-refractivity contribution in [1.29, 1.82) is 0 Å². The Morgan fingerprint density at radius 2 is 1.19 bits per heavy atom. The molecule has 1 aliphatic carbocycles. The summed E-state index contributed by atoms with van der Waals surface area (Å²) in [6, 6.07) is 30.6. The Hall–Kier alpha value is -7.90. The van der Waals surface area contributed by atoms with Crippen molar-refractivity contribution >= 4 is 73.6 Å². The van der Waals surface area contributed by atoms with Gasteiger partial charge in [0.2, 0.25) is 5.78 Å². The fraction of sp³-hybridized carbons (Fsp3) is 0.222. The number of Topliss-reactive ketones (excluding diaryl/α,β-unsaturated/α-hetero) is 1. The van der Waals surface area contributed by atoms with Crippen LogP contribution in [-0.4, -0.2) is 86.4 Å². The lowest BCUT2D eigenvalue weighted by atomic mass is 9.79. The number of hydrogen-bond donors (Lipinski definition) is 3.